The fourth-order valence-corrected chi connectivity index (χ4v) is 3.93. The van der Waals surface area contributed by atoms with Crippen molar-refractivity contribution in [2.75, 3.05) is 53.0 Å². The fourth-order valence-electron chi connectivity index (χ4n) is 3.93. The summed E-state index contributed by atoms with van der Waals surface area (Å²) in [4.78, 5) is 7.44. The highest BCUT2D eigenvalue weighted by Crippen LogP contribution is 2.48. The van der Waals surface area contributed by atoms with Gasteiger partial charge in [-0.15, -0.1) is 0 Å². The normalized spacial score (nSPS) is 20.4. The van der Waals surface area contributed by atoms with Crippen molar-refractivity contribution >= 4 is 5.96 Å². The van der Waals surface area contributed by atoms with Gasteiger partial charge >= 0.3 is 0 Å². The molecule has 3 rings (SSSR count). The maximum atomic E-state index is 5.19. The molecule has 150 valence electrons. The molecule has 1 aromatic rings. The molecule has 1 aliphatic heterocycles. The van der Waals surface area contributed by atoms with Gasteiger partial charge in [0.1, 0.15) is 0 Å². The number of nitrogens with one attached hydrogen (secondary N) is 2. The van der Waals surface area contributed by atoms with Gasteiger partial charge in [-0.05, 0) is 57.2 Å². The smallest absolute Gasteiger partial charge is 0.191 e. The van der Waals surface area contributed by atoms with Crippen LogP contribution in [0.1, 0.15) is 38.2 Å². The van der Waals surface area contributed by atoms with Crippen LogP contribution in [-0.4, -0.2) is 63.8 Å². The molecule has 1 heterocycles. The number of rotatable bonds is 9. The molecule has 1 saturated carbocycles. The summed E-state index contributed by atoms with van der Waals surface area (Å²) in [5.74, 6) is 1.71. The number of hydrogen-bond donors (Lipinski definition) is 2. The highest BCUT2D eigenvalue weighted by molar-refractivity contribution is 5.79. The highest BCUT2D eigenvalue weighted by atomic mass is 16.5. The zero-order chi connectivity index (χ0) is 19.0. The molecule has 0 atom stereocenters. The van der Waals surface area contributed by atoms with E-state index >= 15 is 0 Å². The van der Waals surface area contributed by atoms with Crippen molar-refractivity contribution < 1.29 is 4.74 Å². The van der Waals surface area contributed by atoms with E-state index in [-0.39, 0.29) is 5.41 Å². The van der Waals surface area contributed by atoms with Gasteiger partial charge in [0, 0.05) is 32.2 Å². The van der Waals surface area contributed by atoms with Crippen LogP contribution in [0.25, 0.3) is 0 Å². The number of likely N-dealkylation sites (tertiary alicyclic amines) is 1. The van der Waals surface area contributed by atoms with E-state index in [1.807, 2.05) is 0 Å². The van der Waals surface area contributed by atoms with E-state index in [1.165, 1.54) is 44.3 Å². The van der Waals surface area contributed by atoms with Gasteiger partial charge in [0.2, 0.25) is 0 Å². The van der Waals surface area contributed by atoms with Crippen molar-refractivity contribution in [1.82, 2.24) is 15.5 Å². The number of hydrogen-bond acceptors (Lipinski definition) is 3. The number of aliphatic imine (C=N–C) groups is 1. The fraction of sp³-hybridized carbons (Fsp3) is 0.682. The molecule has 2 aliphatic rings. The predicted molar refractivity (Wildman–Crippen MR) is 112 cm³/mol. The lowest BCUT2D eigenvalue weighted by Gasteiger charge is -2.32. The highest BCUT2D eigenvalue weighted by Gasteiger charge is 2.44. The van der Waals surface area contributed by atoms with Crippen LogP contribution in [0.2, 0.25) is 0 Å². The van der Waals surface area contributed by atoms with E-state index in [0.717, 1.165) is 44.7 Å². The molecule has 1 saturated heterocycles. The van der Waals surface area contributed by atoms with Crippen LogP contribution in [0.5, 0.6) is 0 Å². The molecule has 0 bridgehead atoms. The van der Waals surface area contributed by atoms with Crippen LogP contribution in [0, 0.1) is 5.92 Å². The Labute approximate surface area is 164 Å². The lowest BCUT2D eigenvalue weighted by atomic mass is 9.96. The number of nitrogens with zero attached hydrogens (tertiary/aromatic N) is 2. The predicted octanol–water partition coefficient (Wildman–Crippen LogP) is 2.63. The first-order valence-corrected chi connectivity index (χ1v) is 10.5. The number of ether oxygens (including phenoxy) is 1. The van der Waals surface area contributed by atoms with Crippen molar-refractivity contribution in [3.8, 4) is 0 Å². The monoisotopic (exact) mass is 372 g/mol. The summed E-state index contributed by atoms with van der Waals surface area (Å²) in [5, 5.41) is 7.02. The first-order valence-electron chi connectivity index (χ1n) is 10.5. The third-order valence-corrected chi connectivity index (χ3v) is 6.00. The summed E-state index contributed by atoms with van der Waals surface area (Å²) in [6.45, 7) is 9.19. The third-order valence-electron chi connectivity index (χ3n) is 6.00. The van der Waals surface area contributed by atoms with E-state index in [4.69, 9.17) is 9.73 Å². The maximum absolute atomic E-state index is 5.19. The van der Waals surface area contributed by atoms with Crippen LogP contribution in [0.15, 0.2) is 35.3 Å². The van der Waals surface area contributed by atoms with Gasteiger partial charge in [0.05, 0.1) is 13.2 Å². The molecule has 2 N–H and O–H groups in total. The molecule has 2 fully saturated rings. The number of piperidine rings is 1. The first kappa shape index (κ1) is 20.2. The van der Waals surface area contributed by atoms with Crippen molar-refractivity contribution in [3.63, 3.8) is 0 Å². The van der Waals surface area contributed by atoms with Gasteiger partial charge in [-0.25, -0.2) is 0 Å². The van der Waals surface area contributed by atoms with Gasteiger partial charge in [0.15, 0.2) is 5.96 Å². The van der Waals surface area contributed by atoms with Gasteiger partial charge in [-0.2, -0.15) is 0 Å². The minimum Gasteiger partial charge on any atom is -0.383 e. The molecular weight excluding hydrogens is 336 g/mol. The van der Waals surface area contributed by atoms with Crippen LogP contribution >= 0.6 is 0 Å². The Kier molecular flexibility index (Phi) is 7.53. The minimum absolute atomic E-state index is 0.274. The Morgan fingerprint density at radius 2 is 1.93 bits per heavy atom. The van der Waals surface area contributed by atoms with E-state index < -0.39 is 0 Å². The standard InChI is InChI=1S/C22H36N4O/c1-3-23-21(24-17-19-9-13-26(14-10-19)15-16-27-2)25-18-22(11-12-22)20-7-5-4-6-8-20/h4-8,19H,3,9-18H2,1-2H3,(H2,23,24,25). The first-order chi connectivity index (χ1) is 13.3. The second-order valence-corrected chi connectivity index (χ2v) is 8.00. The Morgan fingerprint density at radius 1 is 1.19 bits per heavy atom. The molecule has 1 aromatic carbocycles. The van der Waals surface area contributed by atoms with E-state index in [9.17, 15) is 0 Å². The second-order valence-electron chi connectivity index (χ2n) is 8.00. The van der Waals surface area contributed by atoms with Gasteiger partial charge in [-0.1, -0.05) is 30.3 Å². The molecule has 1 aliphatic carbocycles. The summed E-state index contributed by atoms with van der Waals surface area (Å²) in [7, 11) is 1.78. The Hall–Kier alpha value is -1.59. The molecule has 0 spiro atoms. The average molecular weight is 373 g/mol. The van der Waals surface area contributed by atoms with E-state index in [1.54, 1.807) is 7.11 Å². The van der Waals surface area contributed by atoms with Crippen molar-refractivity contribution in [3.05, 3.63) is 35.9 Å². The molecule has 0 radical (unpaired) electrons. The third kappa shape index (κ3) is 5.94. The van der Waals surface area contributed by atoms with Crippen LogP contribution in [0.3, 0.4) is 0 Å². The second kappa shape index (κ2) is 10.1. The Balaban J connectivity index is 1.46. The molecular formula is C22H36N4O. The van der Waals surface area contributed by atoms with E-state index in [0.29, 0.717) is 0 Å². The zero-order valence-corrected chi connectivity index (χ0v) is 17.0. The van der Waals surface area contributed by atoms with Gasteiger partial charge in [-0.3, -0.25) is 4.99 Å². The minimum atomic E-state index is 0.274. The molecule has 0 unspecified atom stereocenters. The maximum Gasteiger partial charge on any atom is 0.191 e. The summed E-state index contributed by atoms with van der Waals surface area (Å²) in [6, 6.07) is 10.9. The van der Waals surface area contributed by atoms with Crippen molar-refractivity contribution in [2.45, 2.75) is 38.0 Å². The number of benzene rings is 1. The quantitative estimate of drug-likeness (QED) is 0.517. The molecule has 5 nitrogen and oxygen atoms in total. The molecule has 0 amide bonds. The molecule has 0 aromatic heterocycles. The van der Waals surface area contributed by atoms with Crippen molar-refractivity contribution in [1.29, 1.82) is 0 Å². The number of guanidine groups is 1. The summed E-state index contributed by atoms with van der Waals surface area (Å²) < 4.78 is 5.19. The summed E-state index contributed by atoms with van der Waals surface area (Å²) in [6.07, 6.45) is 5.01. The number of methoxy groups -OCH3 is 1. The van der Waals surface area contributed by atoms with Crippen molar-refractivity contribution in [2.24, 2.45) is 10.9 Å². The van der Waals surface area contributed by atoms with Gasteiger partial charge < -0.3 is 20.3 Å². The van der Waals surface area contributed by atoms with Crippen LogP contribution < -0.4 is 10.6 Å². The molecule has 27 heavy (non-hydrogen) atoms. The Morgan fingerprint density at radius 3 is 2.56 bits per heavy atom. The molecule has 5 heteroatoms. The van der Waals surface area contributed by atoms with E-state index in [2.05, 4.69) is 52.8 Å². The van der Waals surface area contributed by atoms with Crippen LogP contribution in [-0.2, 0) is 10.2 Å². The lowest BCUT2D eigenvalue weighted by Crippen LogP contribution is -2.43. The van der Waals surface area contributed by atoms with Crippen LogP contribution in [0.4, 0.5) is 0 Å². The average Bonchev–Trinajstić information content (AvgIpc) is 3.51. The lowest BCUT2D eigenvalue weighted by molar-refractivity contribution is 0.121. The summed E-state index contributed by atoms with van der Waals surface area (Å²) in [5.41, 5.74) is 1.71. The van der Waals surface area contributed by atoms with Gasteiger partial charge in [0.25, 0.3) is 0 Å². The summed E-state index contributed by atoms with van der Waals surface area (Å²) >= 11 is 0. The topological polar surface area (TPSA) is 48.9 Å². The Bertz CT molecular complexity index is 577. The SMILES string of the molecule is CCNC(=NCC1(c2ccccc2)CC1)NCC1CCN(CCOC)CC1. The zero-order valence-electron chi connectivity index (χ0n) is 17.0. The largest absolute Gasteiger partial charge is 0.383 e.